The Labute approximate surface area is 167 Å². The topological polar surface area (TPSA) is 61.4 Å². The lowest BCUT2D eigenvalue weighted by molar-refractivity contribution is -0.123. The molecule has 2 N–H and O–H groups in total. The molecule has 6 heteroatoms. The van der Waals surface area contributed by atoms with Crippen LogP contribution in [-0.2, 0) is 9.59 Å². The fourth-order valence-corrected chi connectivity index (χ4v) is 4.85. The molecule has 2 amide bonds. The molecule has 0 radical (unpaired) electrons. The maximum atomic E-state index is 12.5. The first-order valence-electron chi connectivity index (χ1n) is 10.0. The predicted molar refractivity (Wildman–Crippen MR) is 109 cm³/mol. The van der Waals surface area contributed by atoms with Gasteiger partial charge in [0.1, 0.15) is 0 Å². The molecular weight excluding hydrogens is 362 g/mol. The molecule has 1 aromatic carbocycles. The van der Waals surface area contributed by atoms with Crippen LogP contribution >= 0.6 is 12.4 Å². The molecule has 3 unspecified atom stereocenters. The van der Waals surface area contributed by atoms with Crippen molar-refractivity contribution in [3.05, 3.63) is 29.8 Å². The average Bonchev–Trinajstić information content (AvgIpc) is 3.20. The van der Waals surface area contributed by atoms with Gasteiger partial charge in [-0.3, -0.25) is 9.59 Å². The number of halogens is 1. The Hall–Kier alpha value is -1.59. The molecule has 3 atom stereocenters. The van der Waals surface area contributed by atoms with E-state index in [1.807, 2.05) is 36.1 Å². The number of nitrogens with zero attached hydrogens (tertiary/aromatic N) is 1. The number of anilines is 1. The fraction of sp³-hybridized carbons (Fsp3) is 0.619. The van der Waals surface area contributed by atoms with E-state index in [-0.39, 0.29) is 30.3 Å². The van der Waals surface area contributed by atoms with E-state index in [0.717, 1.165) is 37.1 Å². The molecule has 3 fully saturated rings. The summed E-state index contributed by atoms with van der Waals surface area (Å²) in [6.45, 7) is 2.84. The van der Waals surface area contributed by atoms with Crippen molar-refractivity contribution in [2.45, 2.75) is 70.0 Å². The Morgan fingerprint density at radius 3 is 2.48 bits per heavy atom. The Morgan fingerprint density at radius 1 is 1.22 bits per heavy atom. The number of hydrogen-bond donors (Lipinski definition) is 2. The SMILES string of the molecule is CC(NC(=O)CC1CC2CCC(C1)N2)c1ccc(N2CCCC2=O)cc1.Cl. The van der Waals surface area contributed by atoms with Crippen molar-refractivity contribution in [1.29, 1.82) is 0 Å². The van der Waals surface area contributed by atoms with E-state index in [1.54, 1.807) is 0 Å². The summed E-state index contributed by atoms with van der Waals surface area (Å²) in [7, 11) is 0. The molecular formula is C21H30ClN3O2. The second kappa shape index (κ2) is 8.61. The minimum atomic E-state index is -0.00994. The molecule has 148 valence electrons. The first-order valence-corrected chi connectivity index (χ1v) is 10.0. The Morgan fingerprint density at radius 2 is 1.89 bits per heavy atom. The molecule has 3 aliphatic heterocycles. The minimum absolute atomic E-state index is 0. The zero-order valence-corrected chi connectivity index (χ0v) is 16.8. The normalized spacial score (nSPS) is 28.0. The van der Waals surface area contributed by atoms with E-state index in [9.17, 15) is 9.59 Å². The fourth-order valence-electron chi connectivity index (χ4n) is 4.85. The number of amides is 2. The standard InChI is InChI=1S/C21H29N3O2.ClH/c1-14(16-4-8-19(9-5-16)24-10-2-3-21(24)26)22-20(25)13-15-11-17-6-7-18(12-15)23-17;/h4-5,8-9,14-15,17-18,23H,2-3,6-7,10-13H2,1H3,(H,22,25);1H. The molecule has 0 aromatic heterocycles. The number of rotatable bonds is 5. The average molecular weight is 392 g/mol. The summed E-state index contributed by atoms with van der Waals surface area (Å²) in [5, 5.41) is 6.78. The van der Waals surface area contributed by atoms with Gasteiger partial charge in [0.2, 0.25) is 11.8 Å². The summed E-state index contributed by atoms with van der Waals surface area (Å²) in [5.41, 5.74) is 2.04. The van der Waals surface area contributed by atoms with Gasteiger partial charge in [0.05, 0.1) is 6.04 Å². The Balaban J connectivity index is 0.00000210. The molecule has 5 nitrogen and oxygen atoms in total. The number of piperidine rings is 1. The van der Waals surface area contributed by atoms with Crippen LogP contribution in [0.2, 0.25) is 0 Å². The van der Waals surface area contributed by atoms with Gasteiger partial charge < -0.3 is 15.5 Å². The molecule has 4 rings (SSSR count). The highest BCUT2D eigenvalue weighted by Crippen LogP contribution is 2.32. The van der Waals surface area contributed by atoms with Crippen molar-refractivity contribution in [2.24, 2.45) is 5.92 Å². The van der Waals surface area contributed by atoms with Crippen LogP contribution in [0, 0.1) is 5.92 Å². The van der Waals surface area contributed by atoms with E-state index in [2.05, 4.69) is 10.6 Å². The molecule has 2 bridgehead atoms. The van der Waals surface area contributed by atoms with Crippen LogP contribution in [0.1, 0.15) is 63.5 Å². The first-order chi connectivity index (χ1) is 12.6. The highest BCUT2D eigenvalue weighted by atomic mass is 35.5. The zero-order chi connectivity index (χ0) is 18.1. The van der Waals surface area contributed by atoms with Crippen LogP contribution in [0.5, 0.6) is 0 Å². The molecule has 3 aliphatic rings. The van der Waals surface area contributed by atoms with Gasteiger partial charge in [-0.25, -0.2) is 0 Å². The van der Waals surface area contributed by atoms with Crippen molar-refractivity contribution < 1.29 is 9.59 Å². The van der Waals surface area contributed by atoms with Crippen LogP contribution < -0.4 is 15.5 Å². The van der Waals surface area contributed by atoms with E-state index in [1.165, 1.54) is 12.8 Å². The Bertz CT molecular complexity index is 667. The predicted octanol–water partition coefficient (Wildman–Crippen LogP) is 3.33. The van der Waals surface area contributed by atoms with Crippen molar-refractivity contribution in [3.63, 3.8) is 0 Å². The van der Waals surface area contributed by atoms with E-state index in [4.69, 9.17) is 0 Å². The van der Waals surface area contributed by atoms with E-state index < -0.39 is 0 Å². The van der Waals surface area contributed by atoms with Gasteiger partial charge in [-0.2, -0.15) is 0 Å². The third-order valence-electron chi connectivity index (χ3n) is 6.20. The van der Waals surface area contributed by atoms with Crippen molar-refractivity contribution in [3.8, 4) is 0 Å². The number of hydrogen-bond acceptors (Lipinski definition) is 3. The van der Waals surface area contributed by atoms with Gasteiger partial charge in [-0.1, -0.05) is 12.1 Å². The summed E-state index contributed by atoms with van der Waals surface area (Å²) in [5.74, 6) is 0.877. The second-order valence-corrected chi connectivity index (χ2v) is 8.21. The highest BCUT2D eigenvalue weighted by Gasteiger charge is 2.34. The van der Waals surface area contributed by atoms with Gasteiger partial charge >= 0.3 is 0 Å². The van der Waals surface area contributed by atoms with E-state index >= 15 is 0 Å². The lowest BCUT2D eigenvalue weighted by Gasteiger charge is -2.29. The van der Waals surface area contributed by atoms with Gasteiger partial charge in [-0.05, 0) is 62.6 Å². The monoisotopic (exact) mass is 391 g/mol. The quantitative estimate of drug-likeness (QED) is 0.809. The molecule has 27 heavy (non-hydrogen) atoms. The van der Waals surface area contributed by atoms with Gasteiger partial charge in [0.15, 0.2) is 0 Å². The smallest absolute Gasteiger partial charge is 0.227 e. The van der Waals surface area contributed by atoms with Crippen molar-refractivity contribution in [2.75, 3.05) is 11.4 Å². The number of benzene rings is 1. The molecule has 0 saturated carbocycles. The summed E-state index contributed by atoms with van der Waals surface area (Å²) < 4.78 is 0. The molecule has 0 spiro atoms. The van der Waals surface area contributed by atoms with Crippen LogP contribution in [-0.4, -0.2) is 30.4 Å². The first kappa shape index (κ1) is 20.2. The lowest BCUT2D eigenvalue weighted by Crippen LogP contribution is -2.40. The summed E-state index contributed by atoms with van der Waals surface area (Å²) >= 11 is 0. The van der Waals surface area contributed by atoms with Crippen molar-refractivity contribution in [1.82, 2.24) is 10.6 Å². The largest absolute Gasteiger partial charge is 0.350 e. The summed E-state index contributed by atoms with van der Waals surface area (Å²) in [6.07, 6.45) is 7.03. The highest BCUT2D eigenvalue weighted by molar-refractivity contribution is 5.95. The second-order valence-electron chi connectivity index (χ2n) is 8.21. The Kier molecular flexibility index (Phi) is 6.43. The third kappa shape index (κ3) is 4.64. The third-order valence-corrected chi connectivity index (χ3v) is 6.20. The van der Waals surface area contributed by atoms with E-state index in [0.29, 0.717) is 30.8 Å². The van der Waals surface area contributed by atoms with Crippen LogP contribution in [0.3, 0.4) is 0 Å². The molecule has 3 saturated heterocycles. The van der Waals surface area contributed by atoms with Gasteiger partial charge in [0, 0.05) is 37.2 Å². The lowest BCUT2D eigenvalue weighted by atomic mass is 9.89. The number of carbonyl (C=O) groups is 2. The minimum Gasteiger partial charge on any atom is -0.350 e. The molecule has 3 heterocycles. The van der Waals surface area contributed by atoms with Crippen LogP contribution in [0.25, 0.3) is 0 Å². The number of carbonyl (C=O) groups excluding carboxylic acids is 2. The van der Waals surface area contributed by atoms with Crippen LogP contribution in [0.4, 0.5) is 5.69 Å². The summed E-state index contributed by atoms with van der Waals surface area (Å²) in [6, 6.07) is 9.28. The molecule has 1 aromatic rings. The van der Waals surface area contributed by atoms with Gasteiger partial charge in [0.25, 0.3) is 0 Å². The zero-order valence-electron chi connectivity index (χ0n) is 15.9. The number of nitrogens with one attached hydrogen (secondary N) is 2. The van der Waals surface area contributed by atoms with Crippen molar-refractivity contribution >= 4 is 29.9 Å². The maximum absolute atomic E-state index is 12.5. The molecule has 0 aliphatic carbocycles. The van der Waals surface area contributed by atoms with Crippen LogP contribution in [0.15, 0.2) is 24.3 Å². The number of fused-ring (bicyclic) bond motifs is 2. The maximum Gasteiger partial charge on any atom is 0.227 e. The summed E-state index contributed by atoms with van der Waals surface area (Å²) in [4.78, 5) is 26.2. The van der Waals surface area contributed by atoms with Gasteiger partial charge in [-0.15, -0.1) is 12.4 Å².